The van der Waals surface area contributed by atoms with E-state index in [0.29, 0.717) is 28.8 Å². The SMILES string of the molecule is Cc1cc(-n2nc(C(C)(C)C)cc2NC(=O)NCc2ccccc2Sc2ccc3nnc(-c4ccccc4Cl)n3c2)ccc1O. The van der Waals surface area contributed by atoms with Crippen molar-refractivity contribution in [2.24, 2.45) is 0 Å². The quantitative estimate of drug-likeness (QED) is 0.164. The number of aromatic nitrogens is 5. The number of hydrogen-bond acceptors (Lipinski definition) is 6. The number of carbonyl (C=O) groups excluding carboxylic acids is 1. The molecule has 6 rings (SSSR count). The maximum Gasteiger partial charge on any atom is 0.320 e. The van der Waals surface area contributed by atoms with Gasteiger partial charge in [0.1, 0.15) is 11.6 Å². The lowest BCUT2D eigenvalue weighted by Crippen LogP contribution is -2.29. The van der Waals surface area contributed by atoms with E-state index in [-0.39, 0.29) is 17.2 Å². The zero-order chi connectivity index (χ0) is 31.7. The molecule has 45 heavy (non-hydrogen) atoms. The Morgan fingerprint density at radius 2 is 1.76 bits per heavy atom. The summed E-state index contributed by atoms with van der Waals surface area (Å²) in [5.74, 6) is 1.40. The van der Waals surface area contributed by atoms with Crippen molar-refractivity contribution in [2.75, 3.05) is 5.32 Å². The van der Waals surface area contributed by atoms with Crippen LogP contribution in [0.5, 0.6) is 5.75 Å². The van der Waals surface area contributed by atoms with Gasteiger partial charge in [-0.2, -0.15) is 5.10 Å². The van der Waals surface area contributed by atoms with Crippen molar-refractivity contribution in [1.29, 1.82) is 0 Å². The Labute approximate surface area is 270 Å². The predicted octanol–water partition coefficient (Wildman–Crippen LogP) is 8.02. The number of nitrogens with one attached hydrogen (secondary N) is 2. The zero-order valence-corrected chi connectivity index (χ0v) is 26.8. The number of anilines is 1. The van der Waals surface area contributed by atoms with E-state index in [1.807, 2.05) is 90.3 Å². The second-order valence-electron chi connectivity index (χ2n) is 11.7. The highest BCUT2D eigenvalue weighted by Crippen LogP contribution is 2.33. The first kappa shape index (κ1) is 30.2. The molecule has 3 heterocycles. The van der Waals surface area contributed by atoms with Crippen LogP contribution in [0.25, 0.3) is 22.7 Å². The molecule has 0 atom stereocenters. The van der Waals surface area contributed by atoms with Crippen LogP contribution in [-0.2, 0) is 12.0 Å². The highest BCUT2D eigenvalue weighted by Gasteiger charge is 2.22. The Balaban J connectivity index is 1.20. The summed E-state index contributed by atoms with van der Waals surface area (Å²) >= 11 is 8.04. The number of benzene rings is 3. The number of phenols is 1. The molecular weight excluding hydrogens is 606 g/mol. The smallest absolute Gasteiger partial charge is 0.320 e. The summed E-state index contributed by atoms with van der Waals surface area (Å²) in [5.41, 5.74) is 4.54. The van der Waals surface area contributed by atoms with Crippen LogP contribution in [0.15, 0.2) is 101 Å². The lowest BCUT2D eigenvalue weighted by molar-refractivity contribution is 0.251. The van der Waals surface area contributed by atoms with Gasteiger partial charge >= 0.3 is 6.03 Å². The van der Waals surface area contributed by atoms with Gasteiger partial charge in [0.2, 0.25) is 0 Å². The molecule has 9 nitrogen and oxygen atoms in total. The maximum atomic E-state index is 13.2. The van der Waals surface area contributed by atoms with Crippen LogP contribution in [0.4, 0.5) is 10.6 Å². The standard InChI is InChI=1S/C34H32ClN7O2S/c1-21-17-23(13-15-27(21)43)42-31(18-29(40-42)34(2,3)4)37-33(44)36-19-22-9-5-8-12-28(22)45-24-14-16-30-38-39-32(41(30)20-24)25-10-6-7-11-26(25)35/h5-18,20,43H,19H2,1-4H3,(H2,36,37,44). The first-order chi connectivity index (χ1) is 21.6. The van der Waals surface area contributed by atoms with Crippen LogP contribution in [-0.4, -0.2) is 35.5 Å². The lowest BCUT2D eigenvalue weighted by atomic mass is 9.92. The van der Waals surface area contributed by atoms with Gasteiger partial charge in [-0.15, -0.1) is 10.2 Å². The Morgan fingerprint density at radius 3 is 2.53 bits per heavy atom. The third kappa shape index (κ3) is 6.52. The number of aryl methyl sites for hydroxylation is 1. The molecule has 6 aromatic rings. The number of carbonyl (C=O) groups is 1. The Morgan fingerprint density at radius 1 is 0.978 bits per heavy atom. The number of rotatable bonds is 7. The van der Waals surface area contributed by atoms with Crippen molar-refractivity contribution in [3.8, 4) is 22.8 Å². The van der Waals surface area contributed by atoms with Gasteiger partial charge in [-0.05, 0) is 66.6 Å². The summed E-state index contributed by atoms with van der Waals surface area (Å²) in [6.07, 6.45) is 1.99. The first-order valence-electron chi connectivity index (χ1n) is 14.4. The molecule has 0 saturated heterocycles. The van der Waals surface area contributed by atoms with Crippen LogP contribution in [0.3, 0.4) is 0 Å². The van der Waals surface area contributed by atoms with Gasteiger partial charge in [0.25, 0.3) is 0 Å². The van der Waals surface area contributed by atoms with Gasteiger partial charge < -0.3 is 10.4 Å². The molecule has 3 aromatic heterocycles. The molecule has 0 fully saturated rings. The molecule has 228 valence electrons. The number of aromatic hydroxyl groups is 1. The van der Waals surface area contributed by atoms with Gasteiger partial charge in [-0.25, -0.2) is 9.48 Å². The Kier molecular flexibility index (Phi) is 8.26. The minimum atomic E-state index is -0.359. The van der Waals surface area contributed by atoms with Crippen molar-refractivity contribution in [3.63, 3.8) is 0 Å². The van der Waals surface area contributed by atoms with Crippen LogP contribution in [0, 0.1) is 6.92 Å². The van der Waals surface area contributed by atoms with Crippen molar-refractivity contribution in [3.05, 3.63) is 113 Å². The van der Waals surface area contributed by atoms with Gasteiger partial charge in [-0.3, -0.25) is 9.72 Å². The highest BCUT2D eigenvalue weighted by atomic mass is 35.5. The number of pyridine rings is 1. The summed E-state index contributed by atoms with van der Waals surface area (Å²) in [6, 6.07) is 26.2. The number of phenolic OH excluding ortho intramolecular Hbond substituents is 1. The molecule has 0 aliphatic carbocycles. The summed E-state index contributed by atoms with van der Waals surface area (Å²) < 4.78 is 3.62. The third-order valence-electron chi connectivity index (χ3n) is 7.27. The second kappa shape index (κ2) is 12.3. The van der Waals surface area contributed by atoms with Gasteiger partial charge in [0, 0.05) is 39.6 Å². The number of urea groups is 1. The minimum absolute atomic E-state index is 0.202. The molecule has 2 amide bonds. The molecule has 0 aliphatic heterocycles. The van der Waals surface area contributed by atoms with E-state index < -0.39 is 0 Å². The van der Waals surface area contributed by atoms with E-state index in [1.54, 1.807) is 28.6 Å². The first-order valence-corrected chi connectivity index (χ1v) is 15.6. The number of halogens is 1. The second-order valence-corrected chi connectivity index (χ2v) is 13.2. The Hall–Kier alpha value is -4.80. The van der Waals surface area contributed by atoms with E-state index in [0.717, 1.165) is 37.9 Å². The minimum Gasteiger partial charge on any atom is -0.508 e. The van der Waals surface area contributed by atoms with E-state index >= 15 is 0 Å². The highest BCUT2D eigenvalue weighted by molar-refractivity contribution is 7.99. The molecule has 0 aliphatic rings. The van der Waals surface area contributed by atoms with Gasteiger partial charge in [0.05, 0.1) is 16.4 Å². The van der Waals surface area contributed by atoms with E-state index in [1.165, 1.54) is 0 Å². The zero-order valence-electron chi connectivity index (χ0n) is 25.2. The molecule has 3 N–H and O–H groups in total. The molecule has 0 radical (unpaired) electrons. The van der Waals surface area contributed by atoms with Crippen molar-refractivity contribution in [2.45, 2.75) is 49.4 Å². The summed E-state index contributed by atoms with van der Waals surface area (Å²) in [6.45, 7) is 8.34. The number of fused-ring (bicyclic) bond motifs is 1. The largest absolute Gasteiger partial charge is 0.508 e. The lowest BCUT2D eigenvalue weighted by Gasteiger charge is -2.14. The molecule has 0 unspecified atom stereocenters. The van der Waals surface area contributed by atoms with E-state index in [4.69, 9.17) is 16.7 Å². The van der Waals surface area contributed by atoms with Crippen LogP contribution < -0.4 is 10.6 Å². The fourth-order valence-corrected chi connectivity index (χ4v) is 5.96. The van der Waals surface area contributed by atoms with Crippen LogP contribution in [0.2, 0.25) is 5.02 Å². The summed E-state index contributed by atoms with van der Waals surface area (Å²) in [4.78, 5) is 15.2. The summed E-state index contributed by atoms with van der Waals surface area (Å²) in [5, 5.41) is 30.0. The molecular formula is C34H32ClN7O2S. The fraction of sp³-hybridized carbons (Fsp3) is 0.176. The number of amides is 2. The number of hydrogen-bond donors (Lipinski definition) is 3. The Bertz CT molecular complexity index is 2030. The molecule has 0 spiro atoms. The predicted molar refractivity (Wildman–Crippen MR) is 179 cm³/mol. The third-order valence-corrected chi connectivity index (χ3v) is 8.70. The van der Waals surface area contributed by atoms with Crippen molar-refractivity contribution in [1.82, 2.24) is 29.7 Å². The van der Waals surface area contributed by atoms with Gasteiger partial charge in [0.15, 0.2) is 11.5 Å². The van der Waals surface area contributed by atoms with Crippen molar-refractivity contribution < 1.29 is 9.90 Å². The average Bonchev–Trinajstić information content (AvgIpc) is 3.63. The topological polar surface area (TPSA) is 109 Å². The molecule has 3 aromatic carbocycles. The van der Waals surface area contributed by atoms with E-state index in [9.17, 15) is 9.90 Å². The van der Waals surface area contributed by atoms with Crippen LogP contribution >= 0.6 is 23.4 Å². The van der Waals surface area contributed by atoms with Crippen molar-refractivity contribution >= 4 is 40.9 Å². The fourth-order valence-electron chi connectivity index (χ4n) is 4.78. The normalized spacial score (nSPS) is 11.6. The van der Waals surface area contributed by atoms with Gasteiger partial charge in [-0.1, -0.05) is 74.5 Å². The molecule has 11 heteroatoms. The maximum absolute atomic E-state index is 13.2. The molecule has 0 bridgehead atoms. The van der Waals surface area contributed by atoms with E-state index in [2.05, 4.69) is 41.6 Å². The average molecular weight is 638 g/mol. The molecule has 0 saturated carbocycles. The summed E-state index contributed by atoms with van der Waals surface area (Å²) in [7, 11) is 0. The monoisotopic (exact) mass is 637 g/mol. The number of nitrogens with zero attached hydrogens (tertiary/aromatic N) is 5. The van der Waals surface area contributed by atoms with Crippen LogP contribution in [0.1, 0.15) is 37.6 Å².